The summed E-state index contributed by atoms with van der Waals surface area (Å²) in [5.74, 6) is 0.534. The van der Waals surface area contributed by atoms with E-state index in [1.54, 1.807) is 41.0 Å². The highest BCUT2D eigenvalue weighted by atomic mass is 19.1. The molecule has 174 valence electrons. The Bertz CT molecular complexity index is 1310. The molecule has 2 aromatic carbocycles. The number of ether oxygens (including phenoxy) is 3. The molecule has 0 bridgehead atoms. The first-order valence-corrected chi connectivity index (χ1v) is 10.4. The molecule has 11 heteroatoms. The van der Waals surface area contributed by atoms with Gasteiger partial charge in [-0.05, 0) is 48.2 Å². The van der Waals surface area contributed by atoms with Gasteiger partial charge in [-0.2, -0.15) is 0 Å². The summed E-state index contributed by atoms with van der Waals surface area (Å²) in [4.78, 5) is 14.1. The van der Waals surface area contributed by atoms with E-state index in [1.807, 2.05) is 19.1 Å². The van der Waals surface area contributed by atoms with E-state index in [2.05, 4.69) is 10.1 Å². The van der Waals surface area contributed by atoms with Crippen molar-refractivity contribution in [1.82, 2.24) is 14.7 Å². The summed E-state index contributed by atoms with van der Waals surface area (Å²) in [6.45, 7) is 2.51. The van der Waals surface area contributed by atoms with Gasteiger partial charge in [0.15, 0.2) is 22.9 Å². The van der Waals surface area contributed by atoms with E-state index in [4.69, 9.17) is 18.7 Å². The Labute approximate surface area is 192 Å². The van der Waals surface area contributed by atoms with Crippen molar-refractivity contribution in [1.29, 1.82) is 0 Å². The van der Waals surface area contributed by atoms with Crippen molar-refractivity contribution in [3.05, 3.63) is 82.5 Å². The minimum Gasteiger partial charge on any atom is -0.489 e. The van der Waals surface area contributed by atoms with Gasteiger partial charge in [0.2, 0.25) is 0 Å². The summed E-state index contributed by atoms with van der Waals surface area (Å²) in [7, 11) is 0. The maximum absolute atomic E-state index is 13.7. The zero-order valence-electron chi connectivity index (χ0n) is 18.0. The molecule has 1 aliphatic heterocycles. The van der Waals surface area contributed by atoms with Crippen LogP contribution in [0.15, 0.2) is 65.3 Å². The Hall–Kier alpha value is -4.41. The van der Waals surface area contributed by atoms with Crippen LogP contribution >= 0.6 is 0 Å². The van der Waals surface area contributed by atoms with Gasteiger partial charge in [-0.15, -0.1) is 0 Å². The predicted molar refractivity (Wildman–Crippen MR) is 116 cm³/mol. The molecule has 0 N–H and O–H groups in total. The number of hydrogen-bond donors (Lipinski definition) is 0. The van der Waals surface area contributed by atoms with Crippen molar-refractivity contribution >= 4 is 5.82 Å². The lowest BCUT2D eigenvalue weighted by Crippen LogP contribution is -2.38. The molecule has 5 rings (SSSR count). The molecule has 0 amide bonds. The lowest BCUT2D eigenvalue weighted by Gasteiger charge is -2.22. The minimum absolute atomic E-state index is 0.0500. The van der Waals surface area contributed by atoms with Gasteiger partial charge >= 0.3 is 11.8 Å². The molecule has 2 aromatic heterocycles. The van der Waals surface area contributed by atoms with Gasteiger partial charge in [-0.1, -0.05) is 17.3 Å². The molecule has 0 spiro atoms. The highest BCUT2D eigenvalue weighted by molar-refractivity contribution is 5.59. The third-order valence-electron chi connectivity index (χ3n) is 5.22. The average molecular weight is 466 g/mol. The largest absolute Gasteiger partial charge is 0.489 e. The molecule has 0 aliphatic carbocycles. The lowest BCUT2D eigenvalue weighted by atomic mass is 10.1. The molecular formula is C23H19FN4O6. The van der Waals surface area contributed by atoms with E-state index in [0.29, 0.717) is 23.7 Å². The number of nitro groups is 1. The van der Waals surface area contributed by atoms with Crippen LogP contribution in [0.25, 0.3) is 11.3 Å². The summed E-state index contributed by atoms with van der Waals surface area (Å²) in [5.41, 5.74) is 0.718. The fourth-order valence-corrected chi connectivity index (χ4v) is 3.54. The number of benzene rings is 2. The Morgan fingerprint density at radius 3 is 2.74 bits per heavy atom. The molecule has 4 aromatic rings. The number of nitrogens with zero attached hydrogens (tertiary/aromatic N) is 4. The summed E-state index contributed by atoms with van der Waals surface area (Å²) < 4.78 is 37.6. The molecule has 0 saturated carbocycles. The van der Waals surface area contributed by atoms with Crippen molar-refractivity contribution in [3.8, 4) is 28.8 Å². The van der Waals surface area contributed by atoms with Crippen LogP contribution in [0.2, 0.25) is 0 Å². The van der Waals surface area contributed by atoms with Crippen LogP contribution in [0.5, 0.6) is 17.5 Å². The van der Waals surface area contributed by atoms with Crippen LogP contribution in [0, 0.1) is 15.9 Å². The minimum atomic E-state index is -0.699. The van der Waals surface area contributed by atoms with Gasteiger partial charge in [0.25, 0.3) is 0 Å². The van der Waals surface area contributed by atoms with E-state index in [1.165, 1.54) is 12.3 Å². The van der Waals surface area contributed by atoms with Gasteiger partial charge in [0.05, 0.1) is 6.54 Å². The number of rotatable bonds is 8. The van der Waals surface area contributed by atoms with Gasteiger partial charge in [-0.25, -0.2) is 4.39 Å². The maximum Gasteiger partial charge on any atom is 0.415 e. The van der Waals surface area contributed by atoms with Crippen LogP contribution in [0.4, 0.5) is 10.2 Å². The van der Waals surface area contributed by atoms with E-state index in [9.17, 15) is 14.5 Å². The third kappa shape index (κ3) is 4.40. The lowest BCUT2D eigenvalue weighted by molar-refractivity contribution is -0.389. The Morgan fingerprint density at radius 1 is 1.21 bits per heavy atom. The summed E-state index contributed by atoms with van der Waals surface area (Å²) in [6.07, 6.45) is 1.35. The molecular weight excluding hydrogens is 447 g/mol. The maximum atomic E-state index is 13.7. The zero-order chi connectivity index (χ0) is 23.7. The van der Waals surface area contributed by atoms with Crippen molar-refractivity contribution < 1.29 is 28.0 Å². The van der Waals surface area contributed by atoms with Crippen LogP contribution < -0.4 is 14.2 Å². The van der Waals surface area contributed by atoms with Gasteiger partial charge in [0, 0.05) is 16.6 Å². The first-order valence-electron chi connectivity index (χ1n) is 10.4. The Morgan fingerprint density at radius 2 is 2.00 bits per heavy atom. The van der Waals surface area contributed by atoms with Crippen LogP contribution in [0.1, 0.15) is 12.7 Å². The van der Waals surface area contributed by atoms with Crippen LogP contribution in [-0.4, -0.2) is 31.8 Å². The first kappa shape index (κ1) is 21.4. The van der Waals surface area contributed by atoms with Crippen molar-refractivity contribution in [2.75, 3.05) is 6.61 Å². The fraction of sp³-hybridized carbons (Fsp3) is 0.217. The number of fused-ring (bicyclic) bond motifs is 1. The highest BCUT2D eigenvalue weighted by Crippen LogP contribution is 2.32. The van der Waals surface area contributed by atoms with Crippen molar-refractivity contribution in [2.45, 2.75) is 25.7 Å². The summed E-state index contributed by atoms with van der Waals surface area (Å²) in [5, 5.41) is 14.9. The molecule has 0 saturated heterocycles. The standard InChI is InChI=1S/C23H19FN4O6/c1-23(13-27-11-21(28(29)30)25-22(27)33-23)14-32-16-8-6-15(7-9-16)19-10-17(34-26-19)12-31-20-5-3-2-4-18(20)24/h2-11H,12-14H2,1H3/t23-/m1/s1. The van der Waals surface area contributed by atoms with Crippen LogP contribution in [-0.2, 0) is 13.2 Å². The number of halogens is 1. The van der Waals surface area contributed by atoms with Gasteiger partial charge in [0.1, 0.15) is 30.9 Å². The van der Waals surface area contributed by atoms with E-state index >= 15 is 0 Å². The third-order valence-corrected chi connectivity index (χ3v) is 5.22. The second-order valence-electron chi connectivity index (χ2n) is 8.03. The van der Waals surface area contributed by atoms with Crippen molar-refractivity contribution in [2.24, 2.45) is 0 Å². The first-order chi connectivity index (χ1) is 16.4. The SMILES string of the molecule is C[C@]1(COc2ccc(-c3cc(COc4ccccc4F)on3)cc2)Cn2cc([N+](=O)[O-])nc2O1. The molecule has 0 radical (unpaired) electrons. The Balaban J connectivity index is 1.16. The number of hydrogen-bond acceptors (Lipinski definition) is 8. The fourth-order valence-electron chi connectivity index (χ4n) is 3.54. The van der Waals surface area contributed by atoms with Crippen LogP contribution in [0.3, 0.4) is 0 Å². The molecule has 34 heavy (non-hydrogen) atoms. The van der Waals surface area contributed by atoms with E-state index in [-0.39, 0.29) is 30.8 Å². The molecule has 0 unspecified atom stereocenters. The zero-order valence-corrected chi connectivity index (χ0v) is 18.0. The van der Waals surface area contributed by atoms with E-state index < -0.39 is 16.3 Å². The van der Waals surface area contributed by atoms with Crippen molar-refractivity contribution in [3.63, 3.8) is 0 Å². The second-order valence-corrected chi connectivity index (χ2v) is 8.03. The second kappa shape index (κ2) is 8.50. The Kier molecular flexibility index (Phi) is 5.36. The monoisotopic (exact) mass is 466 g/mol. The topological polar surface area (TPSA) is 115 Å². The van der Waals surface area contributed by atoms with E-state index in [0.717, 1.165) is 5.56 Å². The highest BCUT2D eigenvalue weighted by Gasteiger charge is 2.41. The van der Waals surface area contributed by atoms with Gasteiger partial charge < -0.3 is 28.8 Å². The molecule has 1 aliphatic rings. The number of para-hydroxylation sites is 1. The number of imidazole rings is 1. The molecule has 0 fully saturated rings. The molecule has 1 atom stereocenters. The van der Waals surface area contributed by atoms with Gasteiger partial charge in [-0.3, -0.25) is 4.57 Å². The quantitative estimate of drug-likeness (QED) is 0.277. The normalized spacial score (nSPS) is 16.6. The average Bonchev–Trinajstić information content (AvgIpc) is 3.52. The number of aromatic nitrogens is 3. The molecule has 10 nitrogen and oxygen atoms in total. The summed E-state index contributed by atoms with van der Waals surface area (Å²) in [6, 6.07) is 15.3. The predicted octanol–water partition coefficient (Wildman–Crippen LogP) is 4.39. The smallest absolute Gasteiger partial charge is 0.415 e. The molecule has 3 heterocycles. The summed E-state index contributed by atoms with van der Waals surface area (Å²) >= 11 is 0.